The number of piperazine rings is 1. The summed E-state index contributed by atoms with van der Waals surface area (Å²) in [6.45, 7) is 11.2. The number of nitriles is 1. The molecule has 0 unspecified atom stereocenters. The molecule has 1 N–H and O–H groups in total. The maximum Gasteiger partial charge on any atom is 0.282 e. The summed E-state index contributed by atoms with van der Waals surface area (Å²) in [6, 6.07) is 6.58. The van der Waals surface area contributed by atoms with Crippen LogP contribution in [0.3, 0.4) is 0 Å². The zero-order chi connectivity index (χ0) is 29.5. The number of imidazole rings is 1. The van der Waals surface area contributed by atoms with Crippen molar-refractivity contribution in [3.63, 3.8) is 0 Å². The van der Waals surface area contributed by atoms with E-state index < -0.39 is 11.7 Å². The van der Waals surface area contributed by atoms with Crippen molar-refractivity contribution in [2.75, 3.05) is 56.2 Å². The first-order valence-corrected chi connectivity index (χ1v) is 14.6. The van der Waals surface area contributed by atoms with Gasteiger partial charge < -0.3 is 29.3 Å². The Morgan fingerprint density at radius 3 is 2.79 bits per heavy atom. The Labute approximate surface area is 245 Å². The van der Waals surface area contributed by atoms with Crippen LogP contribution >= 0.6 is 0 Å². The first kappa shape index (κ1) is 28.0. The summed E-state index contributed by atoms with van der Waals surface area (Å²) >= 11 is 0. The van der Waals surface area contributed by atoms with Crippen molar-refractivity contribution in [2.45, 2.75) is 51.7 Å². The molecule has 3 aliphatic heterocycles. The van der Waals surface area contributed by atoms with Gasteiger partial charge in [0, 0.05) is 43.8 Å². The second-order valence-corrected chi connectivity index (χ2v) is 11.7. The molecule has 2 aromatic heterocycles. The first-order chi connectivity index (χ1) is 20.3. The number of nitrogens with zero attached hydrogens (tertiary/aromatic N) is 7. The number of benzene rings is 1. The number of carbonyl (C=O) groups is 1. The van der Waals surface area contributed by atoms with Crippen molar-refractivity contribution >= 4 is 28.3 Å². The Morgan fingerprint density at radius 1 is 1.24 bits per heavy atom. The maximum absolute atomic E-state index is 13.7. The lowest BCUT2D eigenvalue weighted by atomic mass is 9.96. The molecule has 0 spiro atoms. The molecule has 2 atom stereocenters. The number of amides is 1. The van der Waals surface area contributed by atoms with Crippen LogP contribution in [-0.2, 0) is 17.8 Å². The number of aryl methyl sites for hydroxylation is 1. The van der Waals surface area contributed by atoms with Crippen LogP contribution in [0.2, 0.25) is 0 Å². The molecular formula is C31H37FN8O2. The maximum atomic E-state index is 13.7. The summed E-state index contributed by atoms with van der Waals surface area (Å²) < 4.78 is 20.1. The number of hydrogen-bond acceptors (Lipinski definition) is 8. The normalized spacial score (nSPS) is 21.0. The third-order valence-electron chi connectivity index (χ3n) is 9.01. The topological polar surface area (TPSA) is 105 Å². The summed E-state index contributed by atoms with van der Waals surface area (Å²) in [5, 5.41) is 10.5. The van der Waals surface area contributed by atoms with Gasteiger partial charge in [0.2, 0.25) is 5.88 Å². The van der Waals surface area contributed by atoms with E-state index in [1.165, 1.54) is 4.90 Å². The standard InChI is InChI=1S/C31H37FN8O2/c1-19-7-8-25-27(35-18-34-25)28(19)38-11-9-23-26(16-38)36-30(42-17-22-6-5-10-37(22)4)24(14-33)29(23)39-12-13-40(20(2)15-39)31(41)21(3)32/h7-8,18,20,22H,3,5-6,9-13,15-17H2,1-2,4H3,(H,34,35)/t20-,22+/m1/s1. The number of anilines is 2. The number of pyridine rings is 1. The number of fused-ring (bicyclic) bond motifs is 2. The van der Waals surface area contributed by atoms with E-state index >= 15 is 0 Å². The van der Waals surface area contributed by atoms with E-state index in [1.54, 1.807) is 6.33 Å². The molecule has 42 heavy (non-hydrogen) atoms. The molecule has 220 valence electrons. The predicted molar refractivity (Wildman–Crippen MR) is 159 cm³/mol. The van der Waals surface area contributed by atoms with Gasteiger partial charge in [-0.3, -0.25) is 4.79 Å². The lowest BCUT2D eigenvalue weighted by Crippen LogP contribution is -2.54. The Balaban J connectivity index is 1.38. The summed E-state index contributed by atoms with van der Waals surface area (Å²) in [6.07, 6.45) is 4.58. The first-order valence-electron chi connectivity index (χ1n) is 14.6. The molecule has 0 bridgehead atoms. The van der Waals surface area contributed by atoms with Crippen LogP contribution in [0.4, 0.5) is 15.8 Å². The molecule has 0 saturated carbocycles. The zero-order valence-electron chi connectivity index (χ0n) is 24.5. The monoisotopic (exact) mass is 572 g/mol. The number of ether oxygens (including phenoxy) is 1. The number of aromatic nitrogens is 3. The van der Waals surface area contributed by atoms with Crippen molar-refractivity contribution in [2.24, 2.45) is 0 Å². The van der Waals surface area contributed by atoms with Crippen molar-refractivity contribution in [3.8, 4) is 11.9 Å². The van der Waals surface area contributed by atoms with Crippen LogP contribution in [0.1, 0.15) is 42.1 Å². The molecule has 2 saturated heterocycles. The van der Waals surface area contributed by atoms with Crippen LogP contribution < -0.4 is 14.5 Å². The number of rotatable bonds is 6. The largest absolute Gasteiger partial charge is 0.475 e. The number of hydrogen-bond donors (Lipinski definition) is 1. The summed E-state index contributed by atoms with van der Waals surface area (Å²) in [4.78, 5) is 33.5. The number of aromatic amines is 1. The molecular weight excluding hydrogens is 535 g/mol. The highest BCUT2D eigenvalue weighted by Crippen LogP contribution is 2.40. The van der Waals surface area contributed by atoms with E-state index in [0.717, 1.165) is 65.2 Å². The fourth-order valence-electron chi connectivity index (χ4n) is 6.76. The van der Waals surface area contributed by atoms with Crippen LogP contribution in [0.15, 0.2) is 30.9 Å². The highest BCUT2D eigenvalue weighted by molar-refractivity contribution is 5.91. The van der Waals surface area contributed by atoms with E-state index in [9.17, 15) is 14.4 Å². The molecule has 1 amide bonds. The molecule has 2 fully saturated rings. The minimum atomic E-state index is -0.954. The number of likely N-dealkylation sites (tertiary alicyclic amines) is 1. The zero-order valence-corrected chi connectivity index (χ0v) is 24.5. The van der Waals surface area contributed by atoms with E-state index in [1.807, 2.05) is 13.0 Å². The van der Waals surface area contributed by atoms with Crippen molar-refractivity contribution in [1.82, 2.24) is 24.8 Å². The molecule has 0 radical (unpaired) electrons. The molecule has 6 rings (SSSR count). The van der Waals surface area contributed by atoms with E-state index in [-0.39, 0.29) is 12.1 Å². The van der Waals surface area contributed by atoms with Gasteiger partial charge in [-0.2, -0.15) is 5.26 Å². The van der Waals surface area contributed by atoms with Gasteiger partial charge in [-0.1, -0.05) is 12.6 Å². The van der Waals surface area contributed by atoms with Crippen LogP contribution in [-0.4, -0.2) is 89.1 Å². The van der Waals surface area contributed by atoms with Gasteiger partial charge in [-0.15, -0.1) is 0 Å². The van der Waals surface area contributed by atoms with Crippen molar-refractivity contribution in [1.29, 1.82) is 5.26 Å². The van der Waals surface area contributed by atoms with Gasteiger partial charge >= 0.3 is 0 Å². The Hall–Kier alpha value is -4.17. The second-order valence-electron chi connectivity index (χ2n) is 11.7. The summed E-state index contributed by atoms with van der Waals surface area (Å²) in [5.41, 5.74) is 7.28. The molecule has 3 aliphatic rings. The molecule has 3 aromatic rings. The van der Waals surface area contributed by atoms with Gasteiger partial charge in [0.15, 0.2) is 5.83 Å². The SMILES string of the molecule is C=C(F)C(=O)N1CCN(c2c(C#N)c(OC[C@@H]3CCCN3C)nc3c2CCN(c2c(C)ccc4[nH]cnc24)C3)C[C@H]1C. The van der Waals surface area contributed by atoms with E-state index in [2.05, 4.69) is 57.4 Å². The minimum Gasteiger partial charge on any atom is -0.475 e. The van der Waals surface area contributed by atoms with Gasteiger partial charge in [-0.05, 0) is 58.3 Å². The number of H-pyrrole nitrogens is 1. The highest BCUT2D eigenvalue weighted by Gasteiger charge is 2.35. The molecule has 5 heterocycles. The average molecular weight is 573 g/mol. The third kappa shape index (κ3) is 4.94. The number of likely N-dealkylation sites (N-methyl/N-ethyl adjacent to an activating group) is 1. The van der Waals surface area contributed by atoms with Crippen molar-refractivity contribution < 1.29 is 13.9 Å². The molecule has 10 nitrogen and oxygen atoms in total. The quantitative estimate of drug-likeness (QED) is 0.446. The van der Waals surface area contributed by atoms with Gasteiger partial charge in [0.1, 0.15) is 23.8 Å². The highest BCUT2D eigenvalue weighted by atomic mass is 19.1. The van der Waals surface area contributed by atoms with Gasteiger partial charge in [0.25, 0.3) is 5.91 Å². The lowest BCUT2D eigenvalue weighted by Gasteiger charge is -2.42. The number of halogens is 1. The molecule has 1 aromatic carbocycles. The van der Waals surface area contributed by atoms with Crippen molar-refractivity contribution in [3.05, 3.63) is 53.3 Å². The third-order valence-corrected chi connectivity index (χ3v) is 9.01. The Bertz CT molecular complexity index is 1580. The number of nitrogens with one attached hydrogen (secondary N) is 1. The number of carbonyl (C=O) groups excluding carboxylic acids is 1. The molecule has 0 aliphatic carbocycles. The predicted octanol–water partition coefficient (Wildman–Crippen LogP) is 3.69. The van der Waals surface area contributed by atoms with E-state index in [0.29, 0.717) is 50.7 Å². The fourth-order valence-corrected chi connectivity index (χ4v) is 6.76. The Kier molecular flexibility index (Phi) is 7.49. The second kappa shape index (κ2) is 11.2. The van der Waals surface area contributed by atoms with Crippen LogP contribution in [0.5, 0.6) is 5.88 Å². The summed E-state index contributed by atoms with van der Waals surface area (Å²) in [7, 11) is 2.10. The summed E-state index contributed by atoms with van der Waals surface area (Å²) in [5.74, 6) is -1.28. The lowest BCUT2D eigenvalue weighted by molar-refractivity contribution is -0.131. The Morgan fingerprint density at radius 2 is 2.07 bits per heavy atom. The smallest absolute Gasteiger partial charge is 0.282 e. The van der Waals surface area contributed by atoms with E-state index in [4.69, 9.17) is 9.72 Å². The van der Waals surface area contributed by atoms with Gasteiger partial charge in [-0.25, -0.2) is 14.4 Å². The fraction of sp³-hybridized carbons (Fsp3) is 0.484. The molecule has 11 heteroatoms. The van der Waals surface area contributed by atoms with Gasteiger partial charge in [0.05, 0.1) is 35.5 Å². The van der Waals surface area contributed by atoms with Crippen LogP contribution in [0.25, 0.3) is 11.0 Å². The van der Waals surface area contributed by atoms with Crippen LogP contribution in [0, 0.1) is 18.3 Å². The average Bonchev–Trinajstić information content (AvgIpc) is 3.62. The minimum absolute atomic E-state index is 0.259.